The first-order valence-corrected chi connectivity index (χ1v) is 7.32. The first kappa shape index (κ1) is 15.1. The van der Waals surface area contributed by atoms with Crippen LogP contribution >= 0.6 is 22.6 Å². The molecule has 0 spiro atoms. The van der Waals surface area contributed by atoms with E-state index < -0.39 is 0 Å². The van der Waals surface area contributed by atoms with Gasteiger partial charge in [0.2, 0.25) is 0 Å². The molecule has 1 aromatic heterocycles. The number of hydrogen-bond donors (Lipinski definition) is 0. The molecular weight excluding hydrogens is 367 g/mol. The number of aromatic nitrogens is 1. The van der Waals surface area contributed by atoms with Crippen molar-refractivity contribution in [2.24, 2.45) is 0 Å². The van der Waals surface area contributed by atoms with Gasteiger partial charge in [-0.25, -0.2) is 0 Å². The number of halogens is 1. The summed E-state index contributed by atoms with van der Waals surface area (Å²) in [7, 11) is 3.94. The lowest BCUT2D eigenvalue weighted by atomic mass is 10.2. The van der Waals surface area contributed by atoms with Gasteiger partial charge in [0.05, 0.1) is 6.04 Å². The van der Waals surface area contributed by atoms with Crippen LogP contribution in [-0.4, -0.2) is 24.2 Å². The van der Waals surface area contributed by atoms with Gasteiger partial charge in [0.25, 0.3) is 5.88 Å². The largest absolute Gasteiger partial charge is 0.470 e. The highest BCUT2D eigenvalue weighted by atomic mass is 127. The second-order valence-electron chi connectivity index (χ2n) is 4.58. The van der Waals surface area contributed by atoms with E-state index in [1.165, 1.54) is 0 Å². The maximum atomic E-state index is 5.71. The van der Waals surface area contributed by atoms with Crippen molar-refractivity contribution in [3.63, 3.8) is 0 Å². The molecule has 0 bridgehead atoms. The van der Waals surface area contributed by atoms with Gasteiger partial charge in [0.1, 0.15) is 10.2 Å². The highest BCUT2D eigenvalue weighted by Crippen LogP contribution is 2.31. The van der Waals surface area contributed by atoms with Crippen molar-refractivity contribution < 1.29 is 9.26 Å². The van der Waals surface area contributed by atoms with Gasteiger partial charge in [0.15, 0.2) is 5.76 Å². The molecule has 1 atom stereocenters. The lowest BCUT2D eigenvalue weighted by Crippen LogP contribution is -2.17. The Labute approximate surface area is 132 Å². The molecule has 0 aliphatic carbocycles. The molecule has 0 saturated heterocycles. The van der Waals surface area contributed by atoms with Crippen LogP contribution < -0.4 is 4.74 Å². The second-order valence-corrected chi connectivity index (χ2v) is 5.66. The Morgan fingerprint density at radius 3 is 2.70 bits per heavy atom. The van der Waals surface area contributed by atoms with E-state index in [0.717, 1.165) is 14.9 Å². The van der Waals surface area contributed by atoms with Crippen LogP contribution in [0.25, 0.3) is 0 Å². The fourth-order valence-corrected chi connectivity index (χ4v) is 2.50. The predicted molar refractivity (Wildman–Crippen MR) is 86.6 cm³/mol. The molecule has 2 rings (SSSR count). The molecule has 0 radical (unpaired) electrons. The number of rotatable bonds is 6. The van der Waals surface area contributed by atoms with Crippen molar-refractivity contribution in [3.05, 3.63) is 57.9 Å². The van der Waals surface area contributed by atoms with Gasteiger partial charge in [-0.1, -0.05) is 36.4 Å². The van der Waals surface area contributed by atoms with Crippen LogP contribution in [0.4, 0.5) is 0 Å². The van der Waals surface area contributed by atoms with E-state index >= 15 is 0 Å². The molecule has 0 aliphatic heterocycles. The molecule has 20 heavy (non-hydrogen) atoms. The number of likely N-dealkylation sites (N-methyl/N-ethyl adjacent to an activating group) is 1. The molecule has 0 unspecified atom stereocenters. The summed E-state index contributed by atoms with van der Waals surface area (Å²) in [6.07, 6.45) is 1.82. The van der Waals surface area contributed by atoms with E-state index in [2.05, 4.69) is 34.3 Å². The van der Waals surface area contributed by atoms with Crippen molar-refractivity contribution >= 4 is 22.6 Å². The Balaban J connectivity index is 2.11. The van der Waals surface area contributed by atoms with E-state index in [1.54, 1.807) is 0 Å². The zero-order valence-corrected chi connectivity index (χ0v) is 13.7. The third-order valence-electron chi connectivity index (χ3n) is 2.90. The summed E-state index contributed by atoms with van der Waals surface area (Å²) in [5, 5.41) is 4.00. The third-order valence-corrected chi connectivity index (χ3v) is 3.89. The Morgan fingerprint density at radius 1 is 1.40 bits per heavy atom. The molecule has 0 N–H and O–H groups in total. The van der Waals surface area contributed by atoms with E-state index in [0.29, 0.717) is 12.5 Å². The van der Waals surface area contributed by atoms with Crippen LogP contribution in [-0.2, 0) is 6.61 Å². The van der Waals surface area contributed by atoms with E-state index in [4.69, 9.17) is 9.26 Å². The highest BCUT2D eigenvalue weighted by molar-refractivity contribution is 14.1. The maximum absolute atomic E-state index is 5.71. The molecule has 2 aromatic rings. The van der Waals surface area contributed by atoms with Crippen LogP contribution in [0.3, 0.4) is 0 Å². The number of nitrogens with zero attached hydrogens (tertiary/aromatic N) is 2. The maximum Gasteiger partial charge on any atom is 0.268 e. The average molecular weight is 384 g/mol. The highest BCUT2D eigenvalue weighted by Gasteiger charge is 2.23. The summed E-state index contributed by atoms with van der Waals surface area (Å²) in [4.78, 5) is 2.01. The van der Waals surface area contributed by atoms with E-state index in [-0.39, 0.29) is 6.04 Å². The zero-order chi connectivity index (χ0) is 14.5. The van der Waals surface area contributed by atoms with Gasteiger partial charge < -0.3 is 9.26 Å². The van der Waals surface area contributed by atoms with Crippen molar-refractivity contribution in [2.45, 2.75) is 12.6 Å². The number of ether oxygens (including phenoxy) is 1. The predicted octanol–water partition coefficient (Wildman–Crippen LogP) is 3.65. The van der Waals surface area contributed by atoms with Crippen molar-refractivity contribution in [3.8, 4) is 5.88 Å². The van der Waals surface area contributed by atoms with Crippen LogP contribution in [0.15, 0.2) is 47.5 Å². The van der Waals surface area contributed by atoms with E-state index in [9.17, 15) is 0 Å². The fourth-order valence-electron chi connectivity index (χ4n) is 1.83. The molecular formula is C15H17IN2O2. The minimum atomic E-state index is -0.0107. The Kier molecular flexibility index (Phi) is 5.19. The first-order valence-electron chi connectivity index (χ1n) is 6.24. The third kappa shape index (κ3) is 3.40. The van der Waals surface area contributed by atoms with Crippen LogP contribution in [0.5, 0.6) is 5.88 Å². The monoisotopic (exact) mass is 384 g/mol. The van der Waals surface area contributed by atoms with Crippen LogP contribution in [0.1, 0.15) is 17.4 Å². The normalized spacial score (nSPS) is 12.4. The Hall–Kier alpha value is -1.34. The lowest BCUT2D eigenvalue weighted by Gasteiger charge is -2.17. The standard InChI is InChI=1S/C15H17IN2O2/c1-4-12(18(2)3)14-13(16)15(17-20-14)19-10-11-8-6-5-7-9-11/h4-9,12H,1,10H2,2-3H3/t12-/m1/s1. The molecule has 0 amide bonds. The molecule has 106 valence electrons. The number of benzene rings is 1. The summed E-state index contributed by atoms with van der Waals surface area (Å²) in [6, 6.07) is 9.96. The summed E-state index contributed by atoms with van der Waals surface area (Å²) in [6.45, 7) is 4.30. The van der Waals surface area contributed by atoms with Gasteiger partial charge in [-0.05, 0) is 47.4 Å². The van der Waals surface area contributed by atoms with Crippen molar-refractivity contribution in [1.29, 1.82) is 0 Å². The minimum absolute atomic E-state index is 0.0107. The molecule has 0 fully saturated rings. The molecule has 0 saturated carbocycles. The lowest BCUT2D eigenvalue weighted by molar-refractivity contribution is 0.248. The first-order chi connectivity index (χ1) is 9.63. The summed E-state index contributed by atoms with van der Waals surface area (Å²) in [5.41, 5.74) is 1.10. The van der Waals surface area contributed by atoms with Crippen molar-refractivity contribution in [2.75, 3.05) is 14.1 Å². The zero-order valence-electron chi connectivity index (χ0n) is 11.5. The number of hydrogen-bond acceptors (Lipinski definition) is 4. The van der Waals surface area contributed by atoms with Gasteiger partial charge in [-0.2, -0.15) is 0 Å². The van der Waals surface area contributed by atoms with Gasteiger partial charge in [-0.15, -0.1) is 6.58 Å². The molecule has 5 heteroatoms. The smallest absolute Gasteiger partial charge is 0.268 e. The van der Waals surface area contributed by atoms with Gasteiger partial charge >= 0.3 is 0 Å². The van der Waals surface area contributed by atoms with Crippen LogP contribution in [0.2, 0.25) is 0 Å². The van der Waals surface area contributed by atoms with Crippen molar-refractivity contribution in [1.82, 2.24) is 10.1 Å². The van der Waals surface area contributed by atoms with Crippen LogP contribution in [0, 0.1) is 3.57 Å². The summed E-state index contributed by atoms with van der Waals surface area (Å²) in [5.74, 6) is 1.28. The average Bonchev–Trinajstić information content (AvgIpc) is 2.80. The fraction of sp³-hybridized carbons (Fsp3) is 0.267. The SMILES string of the molecule is C=C[C@H](c1onc(OCc2ccccc2)c1I)N(C)C. The minimum Gasteiger partial charge on any atom is -0.470 e. The topological polar surface area (TPSA) is 38.5 Å². The summed E-state index contributed by atoms with van der Waals surface area (Å²) < 4.78 is 12.0. The molecule has 4 nitrogen and oxygen atoms in total. The van der Waals surface area contributed by atoms with Gasteiger partial charge in [-0.3, -0.25) is 4.90 Å². The molecule has 0 aliphatic rings. The Morgan fingerprint density at radius 2 is 2.10 bits per heavy atom. The molecule has 1 aromatic carbocycles. The Bertz CT molecular complexity index is 567. The summed E-state index contributed by atoms with van der Waals surface area (Å²) >= 11 is 2.20. The second kappa shape index (κ2) is 6.90. The molecule has 1 heterocycles. The van der Waals surface area contributed by atoms with E-state index in [1.807, 2.05) is 55.4 Å². The van der Waals surface area contributed by atoms with Gasteiger partial charge in [0, 0.05) is 0 Å². The quantitative estimate of drug-likeness (QED) is 0.563.